The van der Waals surface area contributed by atoms with E-state index in [2.05, 4.69) is 51.5 Å². The average Bonchev–Trinajstić information content (AvgIpc) is 3.19. The van der Waals surface area contributed by atoms with Gasteiger partial charge in [0.25, 0.3) is 0 Å². The summed E-state index contributed by atoms with van der Waals surface area (Å²) in [5, 5.41) is 40.2. The SMILES string of the molecule is OC1CNc2nc(-c3nnn[nH]3)cn2C1c1nnn[nH]1. The number of aliphatic hydroxyl groups is 1. The molecule has 2 atom stereocenters. The lowest BCUT2D eigenvalue weighted by Gasteiger charge is -2.28. The van der Waals surface area contributed by atoms with Crippen molar-refractivity contribution in [3.05, 3.63) is 12.0 Å². The van der Waals surface area contributed by atoms with E-state index < -0.39 is 12.1 Å². The zero-order valence-corrected chi connectivity index (χ0v) is 9.96. The van der Waals surface area contributed by atoms with Gasteiger partial charge in [-0.2, -0.15) is 0 Å². The largest absolute Gasteiger partial charge is 0.389 e. The molecule has 4 N–H and O–H groups in total. The summed E-state index contributed by atoms with van der Waals surface area (Å²) in [6.07, 6.45) is 1.03. The van der Waals surface area contributed by atoms with Gasteiger partial charge in [-0.1, -0.05) is 0 Å². The number of H-pyrrole nitrogens is 2. The van der Waals surface area contributed by atoms with E-state index in [1.807, 2.05) is 0 Å². The zero-order chi connectivity index (χ0) is 13.5. The summed E-state index contributed by atoms with van der Waals surface area (Å²) in [5.74, 6) is 1.49. The van der Waals surface area contributed by atoms with Crippen molar-refractivity contribution in [3.63, 3.8) is 0 Å². The normalized spacial score (nSPS) is 21.4. The molecule has 0 spiro atoms. The van der Waals surface area contributed by atoms with Gasteiger partial charge in [-0.05, 0) is 20.9 Å². The highest BCUT2D eigenvalue weighted by Crippen LogP contribution is 2.29. The van der Waals surface area contributed by atoms with Crippen molar-refractivity contribution in [2.24, 2.45) is 0 Å². The number of hydrogen-bond acceptors (Lipinski definition) is 9. The summed E-state index contributed by atoms with van der Waals surface area (Å²) in [6, 6.07) is -0.446. The first-order valence-electron chi connectivity index (χ1n) is 5.81. The number of aromatic amines is 2. The second kappa shape index (κ2) is 4.06. The molecule has 1 aliphatic heterocycles. The summed E-state index contributed by atoms with van der Waals surface area (Å²) in [7, 11) is 0. The number of anilines is 1. The van der Waals surface area contributed by atoms with Crippen molar-refractivity contribution in [3.8, 4) is 11.5 Å². The van der Waals surface area contributed by atoms with Crippen molar-refractivity contribution < 1.29 is 5.11 Å². The maximum Gasteiger partial charge on any atom is 0.204 e. The molecule has 3 aromatic heterocycles. The van der Waals surface area contributed by atoms with Gasteiger partial charge in [-0.3, -0.25) is 0 Å². The molecule has 4 heterocycles. The summed E-state index contributed by atoms with van der Waals surface area (Å²) in [5.41, 5.74) is 0.559. The predicted molar refractivity (Wildman–Crippen MR) is 62.2 cm³/mol. The third-order valence-corrected chi connectivity index (χ3v) is 3.10. The molecular weight excluding hydrogens is 266 g/mol. The van der Waals surface area contributed by atoms with E-state index in [1.165, 1.54) is 0 Å². The lowest BCUT2D eigenvalue weighted by Crippen LogP contribution is -2.37. The molecular formula is C8H9N11O. The third-order valence-electron chi connectivity index (χ3n) is 3.10. The van der Waals surface area contributed by atoms with Crippen LogP contribution in [-0.2, 0) is 0 Å². The van der Waals surface area contributed by atoms with E-state index >= 15 is 0 Å². The van der Waals surface area contributed by atoms with Gasteiger partial charge in [0.2, 0.25) is 5.95 Å². The molecule has 1 aliphatic rings. The molecule has 0 aliphatic carbocycles. The number of nitrogens with one attached hydrogen (secondary N) is 3. The van der Waals surface area contributed by atoms with Crippen LogP contribution in [0.25, 0.3) is 11.5 Å². The molecule has 20 heavy (non-hydrogen) atoms. The van der Waals surface area contributed by atoms with Gasteiger partial charge in [0.15, 0.2) is 11.6 Å². The molecule has 0 amide bonds. The summed E-state index contributed by atoms with van der Waals surface area (Å²) >= 11 is 0. The first kappa shape index (κ1) is 11.0. The summed E-state index contributed by atoms with van der Waals surface area (Å²) < 4.78 is 1.74. The van der Waals surface area contributed by atoms with E-state index in [-0.39, 0.29) is 0 Å². The van der Waals surface area contributed by atoms with Crippen LogP contribution < -0.4 is 5.32 Å². The Morgan fingerprint density at radius 3 is 2.80 bits per heavy atom. The van der Waals surface area contributed by atoms with E-state index in [9.17, 15) is 5.11 Å². The molecule has 0 radical (unpaired) electrons. The second-order valence-corrected chi connectivity index (χ2v) is 4.29. The second-order valence-electron chi connectivity index (χ2n) is 4.29. The van der Waals surface area contributed by atoms with Crippen LogP contribution in [0.5, 0.6) is 0 Å². The number of nitrogens with zero attached hydrogens (tertiary/aromatic N) is 8. The van der Waals surface area contributed by atoms with Crippen molar-refractivity contribution in [1.29, 1.82) is 0 Å². The quantitative estimate of drug-likeness (QED) is 0.412. The molecule has 0 fully saturated rings. The lowest BCUT2D eigenvalue weighted by atomic mass is 10.1. The Morgan fingerprint density at radius 1 is 1.20 bits per heavy atom. The minimum atomic E-state index is -0.688. The molecule has 12 heteroatoms. The number of fused-ring (bicyclic) bond motifs is 1. The molecule has 0 saturated carbocycles. The number of rotatable bonds is 2. The van der Waals surface area contributed by atoms with Gasteiger partial charge < -0.3 is 15.0 Å². The Balaban J connectivity index is 1.81. The Morgan fingerprint density at radius 2 is 2.05 bits per heavy atom. The van der Waals surface area contributed by atoms with E-state index in [0.29, 0.717) is 29.8 Å². The summed E-state index contributed by atoms with van der Waals surface area (Å²) in [4.78, 5) is 4.37. The van der Waals surface area contributed by atoms with Crippen molar-refractivity contribution in [2.75, 3.05) is 11.9 Å². The number of imidazole rings is 1. The fourth-order valence-electron chi connectivity index (χ4n) is 2.22. The molecule has 2 unspecified atom stereocenters. The number of aromatic nitrogens is 10. The predicted octanol–water partition coefficient (Wildman–Crippen LogP) is -2.05. The standard InChI is InChI=1S/C8H9N11O/c20-4-1-9-8-10-3(6-11-15-16-12-6)2-19(8)5(4)7-13-17-18-14-7/h2,4-5,20H,1H2,(H,9,10)(H,11,12,15,16)(H,13,14,17,18). The molecule has 0 aromatic carbocycles. The van der Waals surface area contributed by atoms with Crippen LogP contribution >= 0.6 is 0 Å². The number of tetrazole rings is 2. The maximum absolute atomic E-state index is 10.2. The fourth-order valence-corrected chi connectivity index (χ4v) is 2.22. The molecule has 4 rings (SSSR count). The van der Waals surface area contributed by atoms with Gasteiger partial charge in [-0.25, -0.2) is 15.2 Å². The van der Waals surface area contributed by atoms with Crippen LogP contribution in [0.4, 0.5) is 5.95 Å². The van der Waals surface area contributed by atoms with Crippen molar-refractivity contribution in [2.45, 2.75) is 12.1 Å². The highest BCUT2D eigenvalue weighted by molar-refractivity contribution is 5.52. The topological polar surface area (TPSA) is 159 Å². The van der Waals surface area contributed by atoms with E-state index in [1.54, 1.807) is 10.8 Å². The van der Waals surface area contributed by atoms with Crippen LogP contribution in [0.15, 0.2) is 6.20 Å². The Labute approximate surface area is 110 Å². The Kier molecular flexibility index (Phi) is 2.23. The maximum atomic E-state index is 10.2. The fraction of sp³-hybridized carbons (Fsp3) is 0.375. The first-order valence-corrected chi connectivity index (χ1v) is 5.81. The molecule has 0 saturated heterocycles. The Hall–Kier alpha value is -2.89. The third kappa shape index (κ3) is 1.55. The van der Waals surface area contributed by atoms with Gasteiger partial charge in [0, 0.05) is 12.7 Å². The van der Waals surface area contributed by atoms with Crippen LogP contribution in [-0.4, -0.2) is 68.6 Å². The monoisotopic (exact) mass is 275 g/mol. The number of β-amino-alcohol motifs (C(OH)–C–C–N with tert-alkyl or cyclic N) is 1. The average molecular weight is 275 g/mol. The van der Waals surface area contributed by atoms with Crippen molar-refractivity contribution in [1.82, 2.24) is 50.8 Å². The zero-order valence-electron chi connectivity index (χ0n) is 9.96. The minimum absolute atomic E-state index is 0.344. The molecule has 102 valence electrons. The molecule has 12 nitrogen and oxygen atoms in total. The number of hydrogen-bond donors (Lipinski definition) is 4. The van der Waals surface area contributed by atoms with Gasteiger partial charge in [0.05, 0.1) is 6.10 Å². The molecule has 0 bridgehead atoms. The number of aliphatic hydroxyl groups excluding tert-OH is 1. The van der Waals surface area contributed by atoms with Crippen LogP contribution in [0.2, 0.25) is 0 Å². The van der Waals surface area contributed by atoms with Crippen LogP contribution in [0.3, 0.4) is 0 Å². The first-order chi connectivity index (χ1) is 9.83. The van der Waals surface area contributed by atoms with Crippen LogP contribution in [0.1, 0.15) is 11.9 Å². The van der Waals surface area contributed by atoms with E-state index in [4.69, 9.17) is 0 Å². The van der Waals surface area contributed by atoms with Crippen LogP contribution in [0, 0.1) is 0 Å². The smallest absolute Gasteiger partial charge is 0.204 e. The molecule has 3 aromatic rings. The van der Waals surface area contributed by atoms with Gasteiger partial charge in [-0.15, -0.1) is 10.2 Å². The minimum Gasteiger partial charge on any atom is -0.389 e. The lowest BCUT2D eigenvalue weighted by molar-refractivity contribution is 0.131. The van der Waals surface area contributed by atoms with E-state index in [0.717, 1.165) is 0 Å². The van der Waals surface area contributed by atoms with Crippen molar-refractivity contribution >= 4 is 5.95 Å². The highest BCUT2D eigenvalue weighted by atomic mass is 16.3. The van der Waals surface area contributed by atoms with Gasteiger partial charge in [0.1, 0.15) is 11.7 Å². The highest BCUT2D eigenvalue weighted by Gasteiger charge is 2.33. The summed E-state index contributed by atoms with van der Waals surface area (Å²) in [6.45, 7) is 0.344. The Bertz CT molecular complexity index is 701. The van der Waals surface area contributed by atoms with Gasteiger partial charge >= 0.3 is 0 Å².